The monoisotopic (exact) mass is 337 g/mol. The number of ether oxygens (including phenoxy) is 1. The maximum absolute atomic E-state index is 11.8. The van der Waals surface area contributed by atoms with Crippen LogP contribution in [0.15, 0.2) is 12.4 Å². The van der Waals surface area contributed by atoms with Crippen LogP contribution in [0.25, 0.3) is 0 Å². The second kappa shape index (κ2) is 6.08. The molecule has 1 unspecified atom stereocenters. The predicted molar refractivity (Wildman–Crippen MR) is 92.9 cm³/mol. The zero-order valence-electron chi connectivity index (χ0n) is 15.8. The molecule has 1 aliphatic rings. The Kier molecular flexibility index (Phi) is 4.76. The summed E-state index contributed by atoms with van der Waals surface area (Å²) < 4.78 is 19.0. The minimum absolute atomic E-state index is 0.139. The van der Waals surface area contributed by atoms with Gasteiger partial charge in [0, 0.05) is 6.20 Å². The van der Waals surface area contributed by atoms with Crippen molar-refractivity contribution >= 4 is 18.9 Å². The highest BCUT2D eigenvalue weighted by Gasteiger charge is 2.53. The summed E-state index contributed by atoms with van der Waals surface area (Å²) in [5, 5.41) is 6.96. The molecule has 1 amide bonds. The van der Waals surface area contributed by atoms with Crippen LogP contribution in [0, 0.1) is 0 Å². The van der Waals surface area contributed by atoms with Crippen molar-refractivity contribution in [2.45, 2.75) is 78.1 Å². The van der Waals surface area contributed by atoms with E-state index in [4.69, 9.17) is 14.0 Å². The second-order valence-corrected chi connectivity index (χ2v) is 8.20. The number of nitrogens with one attached hydrogen (secondary N) is 1. The van der Waals surface area contributed by atoms with Gasteiger partial charge in [-0.2, -0.15) is 5.10 Å². The highest BCUT2D eigenvalue weighted by atomic mass is 16.7. The SMILES string of the molecule is CC(B1OC(C)(C)C(C)(C)O1)n1cc(NC(=O)OC(C)(C)C)cn1. The molecule has 1 saturated heterocycles. The Morgan fingerprint density at radius 3 is 2.33 bits per heavy atom. The van der Waals surface area contributed by atoms with Crippen LogP contribution in [0.3, 0.4) is 0 Å². The van der Waals surface area contributed by atoms with Gasteiger partial charge in [0.05, 0.1) is 29.0 Å². The summed E-state index contributed by atoms with van der Waals surface area (Å²) >= 11 is 0. The number of carbonyl (C=O) groups is 1. The Bertz CT molecular complexity index is 591. The lowest BCUT2D eigenvalue weighted by molar-refractivity contribution is 0.00578. The fourth-order valence-electron chi connectivity index (χ4n) is 2.26. The van der Waals surface area contributed by atoms with Crippen LogP contribution >= 0.6 is 0 Å². The zero-order chi connectivity index (χ0) is 18.3. The molecule has 1 aliphatic heterocycles. The number of hydrogen-bond donors (Lipinski definition) is 1. The van der Waals surface area contributed by atoms with Gasteiger partial charge in [-0.3, -0.25) is 10.00 Å². The molecule has 0 radical (unpaired) electrons. The van der Waals surface area contributed by atoms with Crippen molar-refractivity contribution in [3.63, 3.8) is 0 Å². The summed E-state index contributed by atoms with van der Waals surface area (Å²) in [6.07, 6.45) is 2.80. The van der Waals surface area contributed by atoms with Gasteiger partial charge in [-0.25, -0.2) is 4.79 Å². The van der Waals surface area contributed by atoms with E-state index in [1.54, 1.807) is 17.1 Å². The Balaban J connectivity index is 2.02. The van der Waals surface area contributed by atoms with Crippen LogP contribution in [0.5, 0.6) is 0 Å². The third-order valence-electron chi connectivity index (χ3n) is 4.33. The first-order chi connectivity index (χ1) is 10.8. The molecule has 1 atom stereocenters. The Morgan fingerprint density at radius 2 is 1.83 bits per heavy atom. The maximum atomic E-state index is 11.8. The van der Waals surface area contributed by atoms with Gasteiger partial charge in [-0.1, -0.05) is 0 Å². The number of carbonyl (C=O) groups excluding carboxylic acids is 1. The molecule has 0 bridgehead atoms. The molecule has 0 saturated carbocycles. The molecule has 24 heavy (non-hydrogen) atoms. The zero-order valence-corrected chi connectivity index (χ0v) is 15.8. The second-order valence-electron chi connectivity index (χ2n) is 8.20. The summed E-state index contributed by atoms with van der Waals surface area (Å²) in [5.74, 6) is -0.139. The van der Waals surface area contributed by atoms with Crippen molar-refractivity contribution < 1.29 is 18.8 Å². The summed E-state index contributed by atoms with van der Waals surface area (Å²) in [6, 6.07) is 0. The van der Waals surface area contributed by atoms with Crippen LogP contribution < -0.4 is 5.32 Å². The van der Waals surface area contributed by atoms with E-state index >= 15 is 0 Å². The van der Waals surface area contributed by atoms with Gasteiger partial charge in [0.25, 0.3) is 0 Å². The van der Waals surface area contributed by atoms with Crippen molar-refractivity contribution in [1.82, 2.24) is 9.78 Å². The molecule has 1 N–H and O–H groups in total. The summed E-state index contributed by atoms with van der Waals surface area (Å²) in [6.45, 7) is 15.5. The minimum Gasteiger partial charge on any atom is -0.444 e. The third-order valence-corrected chi connectivity index (χ3v) is 4.33. The molecule has 2 rings (SSSR count). The van der Waals surface area contributed by atoms with E-state index in [0.29, 0.717) is 5.69 Å². The average molecular weight is 337 g/mol. The first kappa shape index (κ1) is 18.8. The Labute approximate surface area is 144 Å². The van der Waals surface area contributed by atoms with Gasteiger partial charge >= 0.3 is 13.2 Å². The largest absolute Gasteiger partial charge is 0.484 e. The number of rotatable bonds is 3. The van der Waals surface area contributed by atoms with Gasteiger partial charge in [0.1, 0.15) is 5.60 Å². The maximum Gasteiger partial charge on any atom is 0.484 e. The van der Waals surface area contributed by atoms with Crippen molar-refractivity contribution in [3.8, 4) is 0 Å². The van der Waals surface area contributed by atoms with Crippen molar-refractivity contribution in [3.05, 3.63) is 12.4 Å². The number of hydrogen-bond acceptors (Lipinski definition) is 5. The van der Waals surface area contributed by atoms with E-state index in [0.717, 1.165) is 0 Å². The molecule has 1 fully saturated rings. The van der Waals surface area contributed by atoms with Crippen LogP contribution in [-0.2, 0) is 14.0 Å². The van der Waals surface area contributed by atoms with Crippen LogP contribution in [0.4, 0.5) is 10.5 Å². The lowest BCUT2D eigenvalue weighted by Crippen LogP contribution is -2.41. The molecule has 8 heteroatoms. The number of anilines is 1. The topological polar surface area (TPSA) is 74.6 Å². The van der Waals surface area contributed by atoms with E-state index in [2.05, 4.69) is 10.4 Å². The lowest BCUT2D eigenvalue weighted by atomic mass is 9.80. The van der Waals surface area contributed by atoms with E-state index in [-0.39, 0.29) is 5.94 Å². The summed E-state index contributed by atoms with van der Waals surface area (Å²) in [5.41, 5.74) is -0.767. The molecule has 0 spiro atoms. The van der Waals surface area contributed by atoms with Gasteiger partial charge in [0.2, 0.25) is 0 Å². The van der Waals surface area contributed by atoms with Crippen molar-refractivity contribution in [1.29, 1.82) is 0 Å². The van der Waals surface area contributed by atoms with E-state index in [1.807, 2.05) is 55.4 Å². The first-order valence-corrected chi connectivity index (χ1v) is 8.20. The molecular weight excluding hydrogens is 309 g/mol. The van der Waals surface area contributed by atoms with Gasteiger partial charge in [-0.05, 0) is 55.4 Å². The third kappa shape index (κ3) is 4.10. The van der Waals surface area contributed by atoms with Gasteiger partial charge in [0.15, 0.2) is 0 Å². The van der Waals surface area contributed by atoms with Crippen LogP contribution in [0.1, 0.15) is 61.3 Å². The standard InChI is InChI=1S/C16H28BN3O4/c1-11(17-23-15(5,6)16(7,8)24-17)20-10-12(9-18-20)19-13(21)22-14(2,3)4/h9-11H,1-8H3,(H,19,21). The molecule has 0 aromatic carbocycles. The molecule has 2 heterocycles. The molecule has 0 aliphatic carbocycles. The quantitative estimate of drug-likeness (QED) is 0.856. The number of nitrogens with zero attached hydrogens (tertiary/aromatic N) is 2. The molecular formula is C16H28BN3O4. The van der Waals surface area contributed by atoms with Gasteiger partial charge in [-0.15, -0.1) is 0 Å². The van der Waals surface area contributed by atoms with Crippen molar-refractivity contribution in [2.75, 3.05) is 5.32 Å². The fraction of sp³-hybridized carbons (Fsp3) is 0.750. The highest BCUT2D eigenvalue weighted by Crippen LogP contribution is 2.39. The highest BCUT2D eigenvalue weighted by molar-refractivity contribution is 6.46. The average Bonchev–Trinajstić information content (AvgIpc) is 2.89. The molecule has 1 aromatic heterocycles. The normalized spacial score (nSPS) is 20.8. The number of aromatic nitrogens is 2. The smallest absolute Gasteiger partial charge is 0.444 e. The number of amides is 1. The molecule has 1 aromatic rings. The van der Waals surface area contributed by atoms with Crippen LogP contribution in [0.2, 0.25) is 0 Å². The van der Waals surface area contributed by atoms with E-state index in [1.165, 1.54) is 0 Å². The minimum atomic E-state index is -0.546. The fourth-order valence-corrected chi connectivity index (χ4v) is 2.26. The molecule has 7 nitrogen and oxygen atoms in total. The van der Waals surface area contributed by atoms with Crippen molar-refractivity contribution in [2.24, 2.45) is 0 Å². The molecule has 134 valence electrons. The van der Waals surface area contributed by atoms with Crippen LogP contribution in [-0.4, -0.2) is 39.8 Å². The van der Waals surface area contributed by atoms with E-state index < -0.39 is 30.0 Å². The van der Waals surface area contributed by atoms with E-state index in [9.17, 15) is 4.79 Å². The Hall–Kier alpha value is -1.54. The lowest BCUT2D eigenvalue weighted by Gasteiger charge is -2.32. The predicted octanol–water partition coefficient (Wildman–Crippen LogP) is 3.42. The summed E-state index contributed by atoms with van der Waals surface area (Å²) in [7, 11) is -0.413. The first-order valence-electron chi connectivity index (χ1n) is 8.20. The Morgan fingerprint density at radius 1 is 1.29 bits per heavy atom. The van der Waals surface area contributed by atoms with Gasteiger partial charge < -0.3 is 14.0 Å². The summed E-state index contributed by atoms with van der Waals surface area (Å²) in [4.78, 5) is 11.8.